The second-order valence-electron chi connectivity index (χ2n) is 6.77. The van der Waals surface area contributed by atoms with Crippen molar-refractivity contribution in [2.24, 2.45) is 0 Å². The van der Waals surface area contributed by atoms with Gasteiger partial charge in [-0.1, -0.05) is 0 Å². The molecule has 6 nitrogen and oxygen atoms in total. The van der Waals surface area contributed by atoms with Gasteiger partial charge in [-0.3, -0.25) is 0 Å². The standard InChI is InChI=1S/C22H19FN2O4/c1-28-21(26)14-6-12-17(13-7-14)29-22(27)20-18-4-2-3-5-19(18)25(24-20)16-10-8-15(23)9-11-16/h6-13H,2-5H2,1H3. The zero-order chi connectivity index (χ0) is 20.4. The van der Waals surface area contributed by atoms with Gasteiger partial charge in [0.15, 0.2) is 5.69 Å². The van der Waals surface area contributed by atoms with Crippen LogP contribution in [0.2, 0.25) is 0 Å². The minimum Gasteiger partial charge on any atom is -0.465 e. The molecule has 1 aliphatic rings. The monoisotopic (exact) mass is 394 g/mol. The van der Waals surface area contributed by atoms with Gasteiger partial charge in [0, 0.05) is 11.3 Å². The number of carbonyl (C=O) groups is 2. The Balaban J connectivity index is 1.63. The minimum absolute atomic E-state index is 0.265. The fourth-order valence-electron chi connectivity index (χ4n) is 3.49. The fraction of sp³-hybridized carbons (Fsp3) is 0.227. The highest BCUT2D eigenvalue weighted by atomic mass is 19.1. The van der Waals surface area contributed by atoms with Crippen molar-refractivity contribution in [2.45, 2.75) is 25.7 Å². The zero-order valence-corrected chi connectivity index (χ0v) is 15.9. The lowest BCUT2D eigenvalue weighted by molar-refractivity contribution is 0.0600. The highest BCUT2D eigenvalue weighted by molar-refractivity contribution is 5.92. The predicted molar refractivity (Wildman–Crippen MR) is 103 cm³/mol. The number of nitrogens with zero attached hydrogens (tertiary/aromatic N) is 2. The van der Waals surface area contributed by atoms with Crippen molar-refractivity contribution in [3.05, 3.63) is 76.9 Å². The van der Waals surface area contributed by atoms with Crippen LogP contribution >= 0.6 is 0 Å². The first-order valence-electron chi connectivity index (χ1n) is 9.34. The molecular weight excluding hydrogens is 375 g/mol. The third-order valence-corrected chi connectivity index (χ3v) is 4.93. The third kappa shape index (κ3) is 3.76. The molecule has 29 heavy (non-hydrogen) atoms. The summed E-state index contributed by atoms with van der Waals surface area (Å²) in [4.78, 5) is 24.3. The van der Waals surface area contributed by atoms with Gasteiger partial charge in [0.05, 0.1) is 18.4 Å². The first-order valence-corrected chi connectivity index (χ1v) is 9.34. The van der Waals surface area contributed by atoms with Gasteiger partial charge in [0.1, 0.15) is 11.6 Å². The lowest BCUT2D eigenvalue weighted by Gasteiger charge is -2.14. The minimum atomic E-state index is -0.560. The normalized spacial score (nSPS) is 12.9. The van der Waals surface area contributed by atoms with Gasteiger partial charge >= 0.3 is 11.9 Å². The van der Waals surface area contributed by atoms with E-state index in [2.05, 4.69) is 9.84 Å². The van der Waals surface area contributed by atoms with Gasteiger partial charge in [-0.15, -0.1) is 0 Å². The van der Waals surface area contributed by atoms with Crippen molar-refractivity contribution in [3.8, 4) is 11.4 Å². The highest BCUT2D eigenvalue weighted by Crippen LogP contribution is 2.28. The molecule has 3 aromatic rings. The van der Waals surface area contributed by atoms with Gasteiger partial charge in [-0.2, -0.15) is 5.10 Å². The van der Waals surface area contributed by atoms with Gasteiger partial charge in [0.25, 0.3) is 0 Å². The number of carbonyl (C=O) groups excluding carboxylic acids is 2. The lowest BCUT2D eigenvalue weighted by Crippen LogP contribution is -2.13. The van der Waals surface area contributed by atoms with E-state index in [0.29, 0.717) is 17.0 Å². The number of rotatable bonds is 4. The molecule has 0 N–H and O–H groups in total. The van der Waals surface area contributed by atoms with Crippen LogP contribution in [0.5, 0.6) is 5.75 Å². The van der Waals surface area contributed by atoms with Crippen LogP contribution in [0.1, 0.15) is 44.9 Å². The van der Waals surface area contributed by atoms with Crippen LogP contribution in [0.25, 0.3) is 5.69 Å². The largest absolute Gasteiger partial charge is 0.465 e. The molecule has 0 amide bonds. The van der Waals surface area contributed by atoms with Crippen LogP contribution in [-0.2, 0) is 17.6 Å². The molecule has 1 aliphatic carbocycles. The Hall–Kier alpha value is -3.48. The number of benzene rings is 2. The second-order valence-corrected chi connectivity index (χ2v) is 6.77. The summed E-state index contributed by atoms with van der Waals surface area (Å²) in [6.45, 7) is 0. The van der Waals surface area contributed by atoms with Crippen molar-refractivity contribution < 1.29 is 23.5 Å². The van der Waals surface area contributed by atoms with E-state index < -0.39 is 11.9 Å². The second kappa shape index (κ2) is 7.87. The van der Waals surface area contributed by atoms with Crippen LogP contribution in [0.3, 0.4) is 0 Å². The van der Waals surface area contributed by atoms with Crippen molar-refractivity contribution in [1.29, 1.82) is 0 Å². The maximum atomic E-state index is 13.3. The van der Waals surface area contributed by atoms with Gasteiger partial charge in [-0.25, -0.2) is 18.7 Å². The summed E-state index contributed by atoms with van der Waals surface area (Å²) >= 11 is 0. The first kappa shape index (κ1) is 18.9. The lowest BCUT2D eigenvalue weighted by atomic mass is 9.95. The van der Waals surface area contributed by atoms with Crippen LogP contribution in [0, 0.1) is 5.82 Å². The summed E-state index contributed by atoms with van der Waals surface area (Å²) in [5.74, 6) is -1.04. The van der Waals surface area contributed by atoms with E-state index in [4.69, 9.17) is 4.74 Å². The van der Waals surface area contributed by atoms with E-state index in [0.717, 1.165) is 36.9 Å². The Kier molecular flexibility index (Phi) is 5.12. The van der Waals surface area contributed by atoms with Crippen molar-refractivity contribution in [2.75, 3.05) is 7.11 Å². The highest BCUT2D eigenvalue weighted by Gasteiger charge is 2.27. The van der Waals surface area contributed by atoms with Crippen LogP contribution in [0.15, 0.2) is 48.5 Å². The number of hydrogen-bond acceptors (Lipinski definition) is 5. The van der Waals surface area contributed by atoms with E-state index in [9.17, 15) is 14.0 Å². The molecular formula is C22H19FN2O4. The molecule has 0 bridgehead atoms. The van der Waals surface area contributed by atoms with Gasteiger partial charge in [0.2, 0.25) is 0 Å². The van der Waals surface area contributed by atoms with Gasteiger partial charge < -0.3 is 9.47 Å². The molecule has 0 fully saturated rings. The quantitative estimate of drug-likeness (QED) is 0.496. The summed E-state index contributed by atoms with van der Waals surface area (Å²) in [5.41, 5.74) is 3.16. The third-order valence-electron chi connectivity index (χ3n) is 4.93. The number of aromatic nitrogens is 2. The zero-order valence-electron chi connectivity index (χ0n) is 15.9. The molecule has 0 unspecified atom stereocenters. The summed E-state index contributed by atoms with van der Waals surface area (Å²) < 4.78 is 25.1. The summed E-state index contributed by atoms with van der Waals surface area (Å²) in [6, 6.07) is 12.1. The van der Waals surface area contributed by atoms with E-state index >= 15 is 0 Å². The molecule has 0 aliphatic heterocycles. The molecule has 0 radical (unpaired) electrons. The number of hydrogen-bond donors (Lipinski definition) is 0. The smallest absolute Gasteiger partial charge is 0.364 e. The molecule has 4 rings (SSSR count). The Morgan fingerprint density at radius 2 is 1.66 bits per heavy atom. The summed E-state index contributed by atoms with van der Waals surface area (Å²) in [5, 5.41) is 4.49. The number of fused-ring (bicyclic) bond motifs is 1. The average molecular weight is 394 g/mol. The number of esters is 2. The summed E-state index contributed by atoms with van der Waals surface area (Å²) in [7, 11) is 1.30. The molecule has 1 heterocycles. The average Bonchev–Trinajstić information content (AvgIpc) is 3.14. The van der Waals surface area contributed by atoms with Crippen LogP contribution in [-0.4, -0.2) is 28.8 Å². The van der Waals surface area contributed by atoms with E-state index in [-0.39, 0.29) is 11.5 Å². The van der Waals surface area contributed by atoms with E-state index in [1.165, 1.54) is 43.5 Å². The van der Waals surface area contributed by atoms with Crippen molar-refractivity contribution >= 4 is 11.9 Å². The molecule has 0 spiro atoms. The maximum absolute atomic E-state index is 13.3. The first-order chi connectivity index (χ1) is 14.1. The molecule has 0 saturated carbocycles. The maximum Gasteiger partial charge on any atom is 0.364 e. The summed E-state index contributed by atoms with van der Waals surface area (Å²) in [6.07, 6.45) is 3.50. The molecule has 2 aromatic carbocycles. The molecule has 148 valence electrons. The molecule has 0 atom stereocenters. The number of halogens is 1. The number of methoxy groups -OCH3 is 1. The van der Waals surface area contributed by atoms with Crippen molar-refractivity contribution in [1.82, 2.24) is 9.78 Å². The Labute approximate surface area is 166 Å². The number of ether oxygens (including phenoxy) is 2. The van der Waals surface area contributed by atoms with Crippen LogP contribution in [0.4, 0.5) is 4.39 Å². The Bertz CT molecular complexity index is 1060. The molecule has 0 saturated heterocycles. The molecule has 7 heteroatoms. The van der Waals surface area contributed by atoms with Crippen molar-refractivity contribution in [3.63, 3.8) is 0 Å². The Morgan fingerprint density at radius 3 is 2.34 bits per heavy atom. The van der Waals surface area contributed by atoms with E-state index in [1.807, 2.05) is 0 Å². The SMILES string of the molecule is COC(=O)c1ccc(OC(=O)c2nn(-c3ccc(F)cc3)c3c2CCCC3)cc1. The fourth-order valence-corrected chi connectivity index (χ4v) is 3.49. The predicted octanol–water partition coefficient (Wildman–Crippen LogP) is 3.90. The Morgan fingerprint density at radius 1 is 0.966 bits per heavy atom. The van der Waals surface area contributed by atoms with E-state index in [1.54, 1.807) is 16.8 Å². The topological polar surface area (TPSA) is 70.4 Å². The molecule has 1 aromatic heterocycles. The van der Waals surface area contributed by atoms with Gasteiger partial charge in [-0.05, 0) is 74.2 Å². The van der Waals surface area contributed by atoms with Crippen LogP contribution < -0.4 is 4.74 Å².